The number of nitrogens with one attached hydrogen (secondary N) is 1. The van der Waals surface area contributed by atoms with Crippen molar-refractivity contribution in [3.8, 4) is 5.75 Å². The summed E-state index contributed by atoms with van der Waals surface area (Å²) in [4.78, 5) is 4.33. The highest BCUT2D eigenvalue weighted by Gasteiger charge is 2.23. The maximum Gasteiger partial charge on any atom is 0.226 e. The molecule has 1 atom stereocenters. The number of nitrogens with zero attached hydrogens (tertiary/aromatic N) is 3. The minimum atomic E-state index is -0.00497. The van der Waals surface area contributed by atoms with Crippen LogP contribution in [0.1, 0.15) is 24.1 Å². The molecule has 2 aromatic carbocycles. The summed E-state index contributed by atoms with van der Waals surface area (Å²) < 4.78 is 7.42. The molecule has 5 nitrogen and oxygen atoms in total. The Morgan fingerprint density at radius 2 is 1.88 bits per heavy atom. The van der Waals surface area contributed by atoms with Gasteiger partial charge in [-0.1, -0.05) is 42.5 Å². The SMILES string of the molecule is CCOc1ccc([C@@H]2C=C(c3ccccc3)Nc3ncnn32)cc1. The van der Waals surface area contributed by atoms with Gasteiger partial charge in [-0.05, 0) is 36.3 Å². The average molecular weight is 318 g/mol. The lowest BCUT2D eigenvalue weighted by molar-refractivity contribution is 0.340. The average Bonchev–Trinajstić information content (AvgIpc) is 3.11. The lowest BCUT2D eigenvalue weighted by atomic mass is 10.0. The number of aromatic nitrogens is 3. The molecule has 0 radical (unpaired) electrons. The van der Waals surface area contributed by atoms with Crippen molar-refractivity contribution in [2.45, 2.75) is 13.0 Å². The smallest absolute Gasteiger partial charge is 0.226 e. The Hall–Kier alpha value is -3.08. The first-order valence-electron chi connectivity index (χ1n) is 8.01. The molecule has 0 saturated heterocycles. The fourth-order valence-electron chi connectivity index (χ4n) is 2.89. The zero-order valence-electron chi connectivity index (χ0n) is 13.4. The molecule has 0 aliphatic carbocycles. The minimum absolute atomic E-state index is 0.00497. The molecule has 1 aliphatic rings. The van der Waals surface area contributed by atoms with E-state index in [0.29, 0.717) is 6.61 Å². The van der Waals surface area contributed by atoms with Crippen LogP contribution in [0.25, 0.3) is 5.70 Å². The molecule has 4 rings (SSSR count). The van der Waals surface area contributed by atoms with E-state index in [0.717, 1.165) is 28.5 Å². The quantitative estimate of drug-likeness (QED) is 0.796. The summed E-state index contributed by atoms with van der Waals surface area (Å²) in [6.07, 6.45) is 3.75. The van der Waals surface area contributed by atoms with E-state index in [1.807, 2.05) is 41.9 Å². The fraction of sp³-hybridized carbons (Fsp3) is 0.158. The van der Waals surface area contributed by atoms with Gasteiger partial charge in [0.05, 0.1) is 6.61 Å². The summed E-state index contributed by atoms with van der Waals surface area (Å²) in [7, 11) is 0. The van der Waals surface area contributed by atoms with Crippen LogP contribution in [0.2, 0.25) is 0 Å². The summed E-state index contributed by atoms with van der Waals surface area (Å²) in [6.45, 7) is 2.65. The molecule has 120 valence electrons. The Balaban J connectivity index is 1.73. The summed E-state index contributed by atoms with van der Waals surface area (Å²) >= 11 is 0. The van der Waals surface area contributed by atoms with Crippen LogP contribution in [0, 0.1) is 0 Å². The molecule has 1 aromatic heterocycles. The van der Waals surface area contributed by atoms with Crippen molar-refractivity contribution < 1.29 is 4.74 Å². The van der Waals surface area contributed by atoms with Gasteiger partial charge in [-0.3, -0.25) is 0 Å². The second-order valence-electron chi connectivity index (χ2n) is 5.55. The maximum atomic E-state index is 5.53. The highest BCUT2D eigenvalue weighted by Crippen LogP contribution is 2.32. The lowest BCUT2D eigenvalue weighted by Gasteiger charge is -2.24. The Bertz CT molecular complexity index is 853. The molecular weight excluding hydrogens is 300 g/mol. The summed E-state index contributed by atoms with van der Waals surface area (Å²) in [5.41, 5.74) is 3.30. The molecule has 0 saturated carbocycles. The summed E-state index contributed by atoms with van der Waals surface area (Å²) in [5.74, 6) is 1.62. The van der Waals surface area contributed by atoms with E-state index < -0.39 is 0 Å². The van der Waals surface area contributed by atoms with Crippen LogP contribution in [0.4, 0.5) is 5.95 Å². The van der Waals surface area contributed by atoms with Gasteiger partial charge >= 0.3 is 0 Å². The standard InChI is InChI=1S/C19H18N4O/c1-2-24-16-10-8-15(9-11-16)18-12-17(14-6-4-3-5-7-14)22-19-20-13-21-23(18)19/h3-13,18H,2H2,1H3,(H,20,21,22)/t18-/m0/s1. The van der Waals surface area contributed by atoms with Crippen molar-refractivity contribution in [3.63, 3.8) is 0 Å². The molecule has 0 unspecified atom stereocenters. The first kappa shape index (κ1) is 14.5. The zero-order valence-corrected chi connectivity index (χ0v) is 13.4. The third kappa shape index (κ3) is 2.65. The largest absolute Gasteiger partial charge is 0.494 e. The predicted molar refractivity (Wildman–Crippen MR) is 93.8 cm³/mol. The molecule has 0 fully saturated rings. The zero-order chi connectivity index (χ0) is 16.4. The minimum Gasteiger partial charge on any atom is -0.494 e. The van der Waals surface area contributed by atoms with Crippen molar-refractivity contribution in [1.82, 2.24) is 14.8 Å². The van der Waals surface area contributed by atoms with E-state index in [-0.39, 0.29) is 6.04 Å². The number of benzene rings is 2. The lowest BCUT2D eigenvalue weighted by Crippen LogP contribution is -2.20. The molecule has 5 heteroatoms. The number of ether oxygens (including phenoxy) is 1. The first-order valence-corrected chi connectivity index (χ1v) is 8.01. The molecule has 3 aromatic rings. The van der Waals surface area contributed by atoms with Gasteiger partial charge in [-0.25, -0.2) is 4.68 Å². The maximum absolute atomic E-state index is 5.53. The summed E-state index contributed by atoms with van der Waals surface area (Å²) in [6, 6.07) is 18.4. The number of anilines is 1. The Kier molecular flexibility index (Phi) is 3.75. The van der Waals surface area contributed by atoms with Gasteiger partial charge in [0.2, 0.25) is 5.95 Å². The van der Waals surface area contributed by atoms with Crippen LogP contribution in [-0.2, 0) is 0 Å². The van der Waals surface area contributed by atoms with Crippen molar-refractivity contribution in [2.24, 2.45) is 0 Å². The van der Waals surface area contributed by atoms with Crippen molar-refractivity contribution >= 4 is 11.6 Å². The first-order chi connectivity index (χ1) is 11.8. The molecule has 0 bridgehead atoms. The molecule has 24 heavy (non-hydrogen) atoms. The Morgan fingerprint density at radius 1 is 1.08 bits per heavy atom. The Morgan fingerprint density at radius 3 is 2.62 bits per heavy atom. The summed E-state index contributed by atoms with van der Waals surface area (Å²) in [5, 5.41) is 7.72. The van der Waals surface area contributed by atoms with Crippen molar-refractivity contribution in [1.29, 1.82) is 0 Å². The van der Waals surface area contributed by atoms with Crippen LogP contribution >= 0.6 is 0 Å². The number of hydrogen-bond donors (Lipinski definition) is 1. The van der Waals surface area contributed by atoms with E-state index >= 15 is 0 Å². The second kappa shape index (κ2) is 6.20. The van der Waals surface area contributed by atoms with Gasteiger partial charge < -0.3 is 10.1 Å². The van der Waals surface area contributed by atoms with Gasteiger partial charge in [-0.15, -0.1) is 0 Å². The van der Waals surface area contributed by atoms with E-state index in [4.69, 9.17) is 4.74 Å². The number of allylic oxidation sites excluding steroid dienone is 1. The van der Waals surface area contributed by atoms with Crippen LogP contribution in [0.5, 0.6) is 5.75 Å². The third-order valence-corrected chi connectivity index (χ3v) is 4.02. The van der Waals surface area contributed by atoms with Crippen LogP contribution in [-0.4, -0.2) is 21.4 Å². The molecule has 2 heterocycles. The Labute approximate surface area is 140 Å². The molecular formula is C19H18N4O. The highest BCUT2D eigenvalue weighted by molar-refractivity contribution is 5.77. The van der Waals surface area contributed by atoms with Crippen molar-refractivity contribution in [2.75, 3.05) is 11.9 Å². The van der Waals surface area contributed by atoms with E-state index in [2.05, 4.69) is 45.7 Å². The highest BCUT2D eigenvalue weighted by atomic mass is 16.5. The normalized spacial score (nSPS) is 16.0. The third-order valence-electron chi connectivity index (χ3n) is 4.02. The number of fused-ring (bicyclic) bond motifs is 1. The van der Waals surface area contributed by atoms with Gasteiger partial charge in [0.25, 0.3) is 0 Å². The number of rotatable bonds is 4. The fourth-order valence-corrected chi connectivity index (χ4v) is 2.89. The van der Waals surface area contributed by atoms with E-state index in [1.54, 1.807) is 6.33 Å². The monoisotopic (exact) mass is 318 g/mol. The van der Waals surface area contributed by atoms with Crippen molar-refractivity contribution in [3.05, 3.63) is 78.1 Å². The van der Waals surface area contributed by atoms with Gasteiger partial charge in [0.1, 0.15) is 18.1 Å². The van der Waals surface area contributed by atoms with E-state index in [1.165, 1.54) is 0 Å². The topological polar surface area (TPSA) is 52.0 Å². The van der Waals surface area contributed by atoms with Crippen LogP contribution < -0.4 is 10.1 Å². The van der Waals surface area contributed by atoms with Crippen LogP contribution in [0.3, 0.4) is 0 Å². The second-order valence-corrected chi connectivity index (χ2v) is 5.55. The van der Waals surface area contributed by atoms with Gasteiger partial charge in [-0.2, -0.15) is 10.1 Å². The number of hydrogen-bond acceptors (Lipinski definition) is 4. The molecule has 1 aliphatic heterocycles. The van der Waals surface area contributed by atoms with Gasteiger partial charge in [0, 0.05) is 5.70 Å². The molecule has 1 N–H and O–H groups in total. The van der Waals surface area contributed by atoms with Crippen LogP contribution in [0.15, 0.2) is 67.0 Å². The van der Waals surface area contributed by atoms with E-state index in [9.17, 15) is 0 Å². The molecule has 0 spiro atoms. The molecule has 0 amide bonds. The van der Waals surface area contributed by atoms with Gasteiger partial charge in [0.15, 0.2) is 0 Å². The predicted octanol–water partition coefficient (Wildman–Crippen LogP) is 3.73.